The Morgan fingerprint density at radius 3 is 2.62 bits per heavy atom. The highest BCUT2D eigenvalue weighted by Crippen LogP contribution is 2.15. The van der Waals surface area contributed by atoms with Gasteiger partial charge >= 0.3 is 0 Å². The zero-order valence-corrected chi connectivity index (χ0v) is 10.9. The number of nitrogens with zero attached hydrogens (tertiary/aromatic N) is 1. The van der Waals surface area contributed by atoms with Crippen molar-refractivity contribution in [2.45, 2.75) is 52.6 Å². The summed E-state index contributed by atoms with van der Waals surface area (Å²) in [4.78, 5) is 4.15. The van der Waals surface area contributed by atoms with Crippen molar-refractivity contribution < 1.29 is 0 Å². The van der Waals surface area contributed by atoms with Crippen molar-refractivity contribution in [3.63, 3.8) is 0 Å². The van der Waals surface area contributed by atoms with E-state index in [0.29, 0.717) is 12.1 Å². The second kappa shape index (κ2) is 6.64. The third-order valence-corrected chi connectivity index (χ3v) is 3.17. The first-order chi connectivity index (χ1) is 7.63. The summed E-state index contributed by atoms with van der Waals surface area (Å²) < 4.78 is 0. The molecule has 0 amide bonds. The summed E-state index contributed by atoms with van der Waals surface area (Å²) in [5.41, 5.74) is 1.26. The van der Waals surface area contributed by atoms with Crippen LogP contribution in [0.1, 0.15) is 52.1 Å². The average molecular weight is 220 g/mol. The highest BCUT2D eigenvalue weighted by molar-refractivity contribution is 5.12. The van der Waals surface area contributed by atoms with Crippen LogP contribution in [-0.2, 0) is 0 Å². The van der Waals surface area contributed by atoms with Crippen molar-refractivity contribution in [1.82, 2.24) is 10.3 Å². The fraction of sp³-hybridized carbons (Fsp3) is 0.643. The van der Waals surface area contributed by atoms with Gasteiger partial charge in [-0.15, -0.1) is 0 Å². The Morgan fingerprint density at radius 2 is 2.06 bits per heavy atom. The van der Waals surface area contributed by atoms with Crippen molar-refractivity contribution in [1.29, 1.82) is 0 Å². The first kappa shape index (κ1) is 13.2. The number of pyridine rings is 1. The van der Waals surface area contributed by atoms with Gasteiger partial charge in [0.05, 0.1) is 0 Å². The molecule has 3 unspecified atom stereocenters. The maximum Gasteiger partial charge on any atom is 0.0315 e. The standard InChI is InChI=1S/C14H24N2/c1-5-11(2)9-12(3)16-13(4)14-7-6-8-15-10-14/h6-8,10-13,16H,5,9H2,1-4H3. The van der Waals surface area contributed by atoms with Gasteiger partial charge in [0.15, 0.2) is 0 Å². The highest BCUT2D eigenvalue weighted by Gasteiger charge is 2.11. The maximum atomic E-state index is 4.15. The summed E-state index contributed by atoms with van der Waals surface area (Å²) in [5, 5.41) is 3.62. The Balaban J connectivity index is 2.42. The molecular formula is C14H24N2. The van der Waals surface area contributed by atoms with E-state index in [9.17, 15) is 0 Å². The van der Waals surface area contributed by atoms with Crippen LogP contribution in [0.15, 0.2) is 24.5 Å². The topological polar surface area (TPSA) is 24.9 Å². The van der Waals surface area contributed by atoms with E-state index in [2.05, 4.69) is 44.1 Å². The number of hydrogen-bond donors (Lipinski definition) is 1. The summed E-state index contributed by atoms with van der Waals surface area (Å²) in [6.45, 7) is 9.03. The molecule has 1 aromatic rings. The van der Waals surface area contributed by atoms with Gasteiger partial charge in [-0.2, -0.15) is 0 Å². The molecule has 0 aliphatic rings. The molecule has 0 aromatic carbocycles. The SMILES string of the molecule is CCC(C)CC(C)NC(C)c1cccnc1. The van der Waals surface area contributed by atoms with Gasteiger partial charge in [0.2, 0.25) is 0 Å². The first-order valence-corrected chi connectivity index (χ1v) is 6.29. The Bertz CT molecular complexity index is 284. The third kappa shape index (κ3) is 4.31. The van der Waals surface area contributed by atoms with Gasteiger partial charge < -0.3 is 5.32 Å². The van der Waals surface area contributed by atoms with Crippen LogP contribution in [0, 0.1) is 5.92 Å². The van der Waals surface area contributed by atoms with Crippen LogP contribution in [0.4, 0.5) is 0 Å². The summed E-state index contributed by atoms with van der Waals surface area (Å²) >= 11 is 0. The van der Waals surface area contributed by atoms with Crippen molar-refractivity contribution in [2.24, 2.45) is 5.92 Å². The largest absolute Gasteiger partial charge is 0.308 e. The van der Waals surface area contributed by atoms with Crippen molar-refractivity contribution in [2.75, 3.05) is 0 Å². The number of rotatable bonds is 6. The van der Waals surface area contributed by atoms with Gasteiger partial charge in [-0.1, -0.05) is 26.3 Å². The highest BCUT2D eigenvalue weighted by atomic mass is 14.9. The minimum Gasteiger partial charge on any atom is -0.308 e. The lowest BCUT2D eigenvalue weighted by atomic mass is 9.99. The third-order valence-electron chi connectivity index (χ3n) is 3.17. The fourth-order valence-corrected chi connectivity index (χ4v) is 1.99. The molecule has 1 heterocycles. The van der Waals surface area contributed by atoms with Gasteiger partial charge in [-0.25, -0.2) is 0 Å². The summed E-state index contributed by atoms with van der Waals surface area (Å²) in [6.07, 6.45) is 6.25. The Morgan fingerprint density at radius 1 is 1.31 bits per heavy atom. The molecule has 2 nitrogen and oxygen atoms in total. The molecule has 0 aliphatic carbocycles. The van der Waals surface area contributed by atoms with Crippen molar-refractivity contribution in [3.05, 3.63) is 30.1 Å². The quantitative estimate of drug-likeness (QED) is 0.793. The second-order valence-electron chi connectivity index (χ2n) is 4.82. The molecule has 2 heteroatoms. The number of nitrogens with one attached hydrogen (secondary N) is 1. The fourth-order valence-electron chi connectivity index (χ4n) is 1.99. The van der Waals surface area contributed by atoms with Crippen molar-refractivity contribution >= 4 is 0 Å². The molecule has 16 heavy (non-hydrogen) atoms. The lowest BCUT2D eigenvalue weighted by Crippen LogP contribution is -2.30. The lowest BCUT2D eigenvalue weighted by molar-refractivity contribution is 0.385. The molecule has 0 spiro atoms. The molecule has 0 saturated heterocycles. The van der Waals surface area contributed by atoms with Crippen LogP contribution in [0.25, 0.3) is 0 Å². The zero-order valence-electron chi connectivity index (χ0n) is 10.9. The lowest BCUT2D eigenvalue weighted by Gasteiger charge is -2.22. The van der Waals surface area contributed by atoms with Gasteiger partial charge in [0, 0.05) is 24.5 Å². The Kier molecular flexibility index (Phi) is 5.47. The smallest absolute Gasteiger partial charge is 0.0315 e. The minimum absolute atomic E-state index is 0.382. The van der Waals surface area contributed by atoms with Crippen LogP contribution in [0.2, 0.25) is 0 Å². The molecule has 0 fully saturated rings. The van der Waals surface area contributed by atoms with Crippen LogP contribution < -0.4 is 5.32 Å². The predicted molar refractivity (Wildman–Crippen MR) is 69.3 cm³/mol. The molecule has 1 N–H and O–H groups in total. The molecular weight excluding hydrogens is 196 g/mol. The van der Waals surface area contributed by atoms with E-state index in [-0.39, 0.29) is 0 Å². The van der Waals surface area contributed by atoms with Gasteiger partial charge in [0.25, 0.3) is 0 Å². The molecule has 1 aromatic heterocycles. The molecule has 90 valence electrons. The Labute approximate surface area is 99.5 Å². The predicted octanol–water partition coefficient (Wildman–Crippen LogP) is 3.56. The summed E-state index contributed by atoms with van der Waals surface area (Å²) in [7, 11) is 0. The van der Waals surface area contributed by atoms with E-state index in [1.165, 1.54) is 18.4 Å². The Hall–Kier alpha value is -0.890. The second-order valence-corrected chi connectivity index (χ2v) is 4.82. The average Bonchev–Trinajstić information content (AvgIpc) is 2.29. The van der Waals surface area contributed by atoms with Crippen LogP contribution in [-0.4, -0.2) is 11.0 Å². The maximum absolute atomic E-state index is 4.15. The molecule has 0 bridgehead atoms. The zero-order chi connectivity index (χ0) is 12.0. The van der Waals surface area contributed by atoms with Crippen LogP contribution >= 0.6 is 0 Å². The van der Waals surface area contributed by atoms with E-state index < -0.39 is 0 Å². The molecule has 0 saturated carbocycles. The van der Waals surface area contributed by atoms with E-state index in [0.717, 1.165) is 5.92 Å². The van der Waals surface area contributed by atoms with E-state index in [1.54, 1.807) is 0 Å². The van der Waals surface area contributed by atoms with Crippen LogP contribution in [0.3, 0.4) is 0 Å². The number of hydrogen-bond acceptors (Lipinski definition) is 2. The molecule has 0 aliphatic heterocycles. The summed E-state index contributed by atoms with van der Waals surface area (Å²) in [6, 6.07) is 5.06. The van der Waals surface area contributed by atoms with Crippen LogP contribution in [0.5, 0.6) is 0 Å². The van der Waals surface area contributed by atoms with Crippen molar-refractivity contribution in [3.8, 4) is 0 Å². The first-order valence-electron chi connectivity index (χ1n) is 6.29. The monoisotopic (exact) mass is 220 g/mol. The molecule has 0 radical (unpaired) electrons. The van der Waals surface area contributed by atoms with Gasteiger partial charge in [-0.05, 0) is 37.8 Å². The van der Waals surface area contributed by atoms with Gasteiger partial charge in [0.1, 0.15) is 0 Å². The van der Waals surface area contributed by atoms with E-state index in [4.69, 9.17) is 0 Å². The summed E-state index contributed by atoms with van der Waals surface area (Å²) in [5.74, 6) is 0.795. The van der Waals surface area contributed by atoms with Gasteiger partial charge in [-0.3, -0.25) is 4.98 Å². The number of aromatic nitrogens is 1. The molecule has 3 atom stereocenters. The van der Waals surface area contributed by atoms with E-state index >= 15 is 0 Å². The minimum atomic E-state index is 0.382. The van der Waals surface area contributed by atoms with E-state index in [1.807, 2.05) is 18.5 Å². The molecule has 1 rings (SSSR count). The normalized spacial score (nSPS) is 16.8.